The van der Waals surface area contributed by atoms with Crippen molar-refractivity contribution in [2.75, 3.05) is 33.0 Å². The minimum atomic E-state index is -0.160. The molecule has 2 unspecified atom stereocenters. The summed E-state index contributed by atoms with van der Waals surface area (Å²) < 4.78 is 16.5. The van der Waals surface area contributed by atoms with E-state index in [2.05, 4.69) is 19.1 Å². The Kier molecular flexibility index (Phi) is 17.2. The third-order valence-electron chi connectivity index (χ3n) is 6.27. The van der Waals surface area contributed by atoms with Gasteiger partial charge in [0.2, 0.25) is 0 Å². The van der Waals surface area contributed by atoms with Crippen LogP contribution in [0.15, 0.2) is 12.2 Å². The van der Waals surface area contributed by atoms with Gasteiger partial charge in [-0.2, -0.15) is 0 Å². The average Bonchev–Trinajstić information content (AvgIpc) is 3.08. The third kappa shape index (κ3) is 13.9. The van der Waals surface area contributed by atoms with Gasteiger partial charge < -0.3 is 19.3 Å². The Morgan fingerprint density at radius 2 is 1.76 bits per heavy atom. The van der Waals surface area contributed by atoms with Gasteiger partial charge in [-0.15, -0.1) is 0 Å². The number of rotatable bonds is 20. The summed E-state index contributed by atoms with van der Waals surface area (Å²) in [7, 11) is 0. The van der Waals surface area contributed by atoms with E-state index in [9.17, 15) is 14.7 Å². The molecule has 0 bridgehead atoms. The molecule has 1 N–H and O–H groups in total. The summed E-state index contributed by atoms with van der Waals surface area (Å²) >= 11 is 0. The van der Waals surface area contributed by atoms with Crippen molar-refractivity contribution in [1.29, 1.82) is 0 Å². The minimum Gasteiger partial charge on any atom is -0.463 e. The normalized spacial score (nSPS) is 20.9. The number of ether oxygens (including phenoxy) is 3. The van der Waals surface area contributed by atoms with Gasteiger partial charge in [-0.25, -0.2) is 0 Å². The quantitative estimate of drug-likeness (QED) is 0.149. The summed E-state index contributed by atoms with van der Waals surface area (Å²) in [6, 6.07) is 0. The van der Waals surface area contributed by atoms with Crippen LogP contribution in [0.5, 0.6) is 0 Å². The minimum absolute atomic E-state index is 0.0321. The van der Waals surface area contributed by atoms with Crippen LogP contribution in [0, 0.1) is 17.8 Å². The molecule has 0 amide bonds. The SMILES string of the molecule is CCCCCCCOCCOCC[C@H]1C(CO)CC(=O)C1C/C=C\CCCC(=O)OC(C)C. The molecule has 0 aromatic rings. The molecule has 1 saturated carbocycles. The van der Waals surface area contributed by atoms with E-state index in [1.807, 2.05) is 13.8 Å². The van der Waals surface area contributed by atoms with Gasteiger partial charge in [-0.05, 0) is 57.8 Å². The first-order valence-electron chi connectivity index (χ1n) is 13.1. The number of carbonyl (C=O) groups is 2. The van der Waals surface area contributed by atoms with E-state index >= 15 is 0 Å². The number of esters is 1. The number of aliphatic hydroxyl groups is 1. The molecule has 0 aromatic heterocycles. The fourth-order valence-corrected chi connectivity index (χ4v) is 4.47. The first-order chi connectivity index (χ1) is 16.0. The number of allylic oxidation sites excluding steroid dienone is 2. The van der Waals surface area contributed by atoms with Gasteiger partial charge in [0, 0.05) is 38.6 Å². The van der Waals surface area contributed by atoms with Gasteiger partial charge in [0.1, 0.15) is 5.78 Å². The monoisotopic (exact) mass is 468 g/mol. The standard InChI is InChI=1S/C27H48O6/c1-4-5-6-9-12-16-31-18-19-32-17-15-24-23(21-28)20-26(29)25(24)13-10-7-8-11-14-27(30)33-22(2)3/h7,10,22-25,28H,4-6,8-9,11-21H2,1-3H3/b10-7-/t23?,24-,25?/m0/s1. The van der Waals surface area contributed by atoms with Crippen molar-refractivity contribution in [2.45, 2.75) is 97.5 Å². The zero-order valence-corrected chi connectivity index (χ0v) is 21.3. The zero-order chi connectivity index (χ0) is 24.3. The number of unbranched alkanes of at least 4 members (excludes halogenated alkanes) is 5. The number of aliphatic hydroxyl groups excluding tert-OH is 1. The Balaban J connectivity index is 2.22. The van der Waals surface area contributed by atoms with E-state index in [-0.39, 0.29) is 42.2 Å². The second-order valence-electron chi connectivity index (χ2n) is 9.45. The molecule has 3 atom stereocenters. The molecule has 192 valence electrons. The van der Waals surface area contributed by atoms with E-state index in [4.69, 9.17) is 14.2 Å². The molecule has 0 radical (unpaired) electrons. The maximum absolute atomic E-state index is 12.5. The molecule has 6 nitrogen and oxygen atoms in total. The lowest BCUT2D eigenvalue weighted by atomic mass is 9.85. The smallest absolute Gasteiger partial charge is 0.306 e. The van der Waals surface area contributed by atoms with Gasteiger partial charge in [0.25, 0.3) is 0 Å². The van der Waals surface area contributed by atoms with E-state index in [0.29, 0.717) is 39.1 Å². The molecule has 1 aliphatic rings. The van der Waals surface area contributed by atoms with Crippen LogP contribution in [-0.2, 0) is 23.8 Å². The lowest BCUT2D eigenvalue weighted by molar-refractivity contribution is -0.147. The highest BCUT2D eigenvalue weighted by Gasteiger charge is 2.40. The van der Waals surface area contributed by atoms with Crippen LogP contribution in [0.3, 0.4) is 0 Å². The fourth-order valence-electron chi connectivity index (χ4n) is 4.47. The zero-order valence-electron chi connectivity index (χ0n) is 21.3. The van der Waals surface area contributed by atoms with Crippen molar-refractivity contribution >= 4 is 11.8 Å². The largest absolute Gasteiger partial charge is 0.463 e. The van der Waals surface area contributed by atoms with Crippen LogP contribution >= 0.6 is 0 Å². The molecule has 0 aliphatic heterocycles. The number of carbonyl (C=O) groups excluding carboxylic acids is 2. The molecule has 1 rings (SSSR count). The summed E-state index contributed by atoms with van der Waals surface area (Å²) in [5.74, 6) is 0.229. The van der Waals surface area contributed by atoms with Gasteiger partial charge in [0.05, 0.1) is 19.3 Å². The van der Waals surface area contributed by atoms with Crippen LogP contribution in [0.2, 0.25) is 0 Å². The molecule has 0 aromatic carbocycles. The van der Waals surface area contributed by atoms with Crippen LogP contribution < -0.4 is 0 Å². The summed E-state index contributed by atoms with van der Waals surface area (Å²) in [6.45, 7) is 8.53. The van der Waals surface area contributed by atoms with E-state index < -0.39 is 0 Å². The van der Waals surface area contributed by atoms with Crippen LogP contribution in [0.1, 0.15) is 91.4 Å². The molecule has 6 heteroatoms. The molecular weight excluding hydrogens is 420 g/mol. The number of ketones is 1. The summed E-state index contributed by atoms with van der Waals surface area (Å²) in [5, 5.41) is 9.73. The van der Waals surface area contributed by atoms with Gasteiger partial charge in [0.15, 0.2) is 0 Å². The average molecular weight is 469 g/mol. The Hall–Kier alpha value is -1.24. The van der Waals surface area contributed by atoms with Crippen molar-refractivity contribution in [3.63, 3.8) is 0 Å². The maximum atomic E-state index is 12.5. The second-order valence-corrected chi connectivity index (χ2v) is 9.45. The summed E-state index contributed by atoms with van der Waals surface area (Å²) in [4.78, 5) is 24.1. The molecule has 1 aliphatic carbocycles. The Morgan fingerprint density at radius 1 is 1.03 bits per heavy atom. The summed E-state index contributed by atoms with van der Waals surface area (Å²) in [6.07, 6.45) is 14.1. The van der Waals surface area contributed by atoms with Crippen molar-refractivity contribution < 1.29 is 28.9 Å². The molecule has 0 heterocycles. The molecule has 33 heavy (non-hydrogen) atoms. The number of hydrogen-bond acceptors (Lipinski definition) is 6. The van der Waals surface area contributed by atoms with Gasteiger partial charge in [-0.3, -0.25) is 9.59 Å². The second kappa shape index (κ2) is 19.1. The van der Waals surface area contributed by atoms with E-state index in [0.717, 1.165) is 32.3 Å². The Labute approximate surface area is 201 Å². The predicted molar refractivity (Wildman–Crippen MR) is 131 cm³/mol. The van der Waals surface area contributed by atoms with Crippen molar-refractivity contribution in [2.24, 2.45) is 17.8 Å². The molecular formula is C27H48O6. The van der Waals surface area contributed by atoms with E-state index in [1.54, 1.807) is 0 Å². The number of Topliss-reactive ketones (excluding diaryl/α,β-unsaturated/α-hetero) is 1. The maximum Gasteiger partial charge on any atom is 0.306 e. The van der Waals surface area contributed by atoms with Crippen LogP contribution in [0.25, 0.3) is 0 Å². The van der Waals surface area contributed by atoms with Crippen LogP contribution in [-0.4, -0.2) is 56.0 Å². The van der Waals surface area contributed by atoms with Gasteiger partial charge >= 0.3 is 5.97 Å². The lowest BCUT2D eigenvalue weighted by Crippen LogP contribution is -2.21. The lowest BCUT2D eigenvalue weighted by Gasteiger charge is -2.22. The molecule has 0 spiro atoms. The molecule has 0 saturated heterocycles. The topological polar surface area (TPSA) is 82.1 Å². The highest BCUT2D eigenvalue weighted by molar-refractivity contribution is 5.84. The Bertz CT molecular complexity index is 545. The highest BCUT2D eigenvalue weighted by Crippen LogP contribution is 2.38. The first-order valence-corrected chi connectivity index (χ1v) is 13.1. The third-order valence-corrected chi connectivity index (χ3v) is 6.27. The van der Waals surface area contributed by atoms with Crippen molar-refractivity contribution in [3.8, 4) is 0 Å². The Morgan fingerprint density at radius 3 is 2.45 bits per heavy atom. The van der Waals surface area contributed by atoms with Crippen molar-refractivity contribution in [3.05, 3.63) is 12.2 Å². The van der Waals surface area contributed by atoms with Gasteiger partial charge in [-0.1, -0.05) is 44.8 Å². The number of hydrogen-bond donors (Lipinski definition) is 1. The van der Waals surface area contributed by atoms with E-state index in [1.165, 1.54) is 25.7 Å². The highest BCUT2D eigenvalue weighted by atomic mass is 16.5. The predicted octanol–water partition coefficient (Wildman–Crippen LogP) is 5.26. The van der Waals surface area contributed by atoms with Crippen molar-refractivity contribution in [1.82, 2.24) is 0 Å². The van der Waals surface area contributed by atoms with Crippen LogP contribution in [0.4, 0.5) is 0 Å². The molecule has 1 fully saturated rings. The fraction of sp³-hybridized carbons (Fsp3) is 0.852. The summed E-state index contributed by atoms with van der Waals surface area (Å²) in [5.41, 5.74) is 0. The first kappa shape index (κ1) is 29.8.